The number of nitrogens with one attached hydrogen (secondary N) is 1. The molecule has 0 saturated heterocycles. The van der Waals surface area contributed by atoms with Crippen molar-refractivity contribution in [1.82, 2.24) is 9.66 Å². The van der Waals surface area contributed by atoms with Crippen molar-refractivity contribution in [2.75, 3.05) is 12.5 Å². The lowest BCUT2D eigenvalue weighted by molar-refractivity contribution is -0.116. The van der Waals surface area contributed by atoms with Crippen LogP contribution in [0.15, 0.2) is 54.9 Å². The summed E-state index contributed by atoms with van der Waals surface area (Å²) in [6.45, 7) is 0. The lowest BCUT2D eigenvalue weighted by Gasteiger charge is -2.08. The molecule has 0 atom stereocenters. The Morgan fingerprint density at radius 3 is 2.95 bits per heavy atom. The number of carbonyl (C=O) groups is 1. The van der Waals surface area contributed by atoms with E-state index in [0.29, 0.717) is 0 Å². The Kier molecular flexibility index (Phi) is 3.55. The number of fused-ring (bicyclic) bond motifs is 1. The summed E-state index contributed by atoms with van der Waals surface area (Å²) in [5, 5.41) is 0. The normalized spacial score (nSPS) is 10.5. The molecule has 0 aliphatic rings. The van der Waals surface area contributed by atoms with Crippen LogP contribution in [0.4, 0.5) is 0 Å². The van der Waals surface area contributed by atoms with Crippen molar-refractivity contribution in [1.29, 1.82) is 0 Å². The van der Waals surface area contributed by atoms with Crippen LogP contribution >= 0.6 is 0 Å². The zero-order valence-electron chi connectivity index (χ0n) is 11.6. The standard InChI is InChI=1S/C16H15N3O2/c1-21-13-6-4-5-12(9-13)10-16(20)18-19-11-17-14-7-2-3-8-15(14)19/h2-9,11H,10H2,1H3,(H,18,20). The number of carbonyl (C=O) groups excluding carboxylic acids is 1. The van der Waals surface area contributed by atoms with Crippen molar-refractivity contribution in [3.05, 3.63) is 60.4 Å². The average Bonchev–Trinajstić information content (AvgIpc) is 2.91. The molecule has 3 rings (SSSR count). The van der Waals surface area contributed by atoms with Crippen LogP contribution in [-0.4, -0.2) is 22.7 Å². The van der Waals surface area contributed by atoms with Gasteiger partial charge in [-0.2, -0.15) is 0 Å². The van der Waals surface area contributed by atoms with E-state index >= 15 is 0 Å². The minimum atomic E-state index is -0.105. The van der Waals surface area contributed by atoms with Crippen LogP contribution in [0.25, 0.3) is 11.0 Å². The SMILES string of the molecule is COc1cccc(CC(=O)Nn2cnc3ccccc32)c1. The van der Waals surface area contributed by atoms with Gasteiger partial charge in [-0.1, -0.05) is 24.3 Å². The monoisotopic (exact) mass is 281 g/mol. The number of para-hydroxylation sites is 2. The highest BCUT2D eigenvalue weighted by molar-refractivity contribution is 5.88. The maximum absolute atomic E-state index is 12.1. The maximum atomic E-state index is 12.1. The summed E-state index contributed by atoms with van der Waals surface area (Å²) in [5.41, 5.74) is 5.44. The van der Waals surface area contributed by atoms with Gasteiger partial charge in [-0.3, -0.25) is 10.2 Å². The number of aromatic nitrogens is 2. The van der Waals surface area contributed by atoms with Gasteiger partial charge in [0.15, 0.2) is 0 Å². The van der Waals surface area contributed by atoms with Gasteiger partial charge in [0, 0.05) is 0 Å². The van der Waals surface area contributed by atoms with Crippen LogP contribution in [-0.2, 0) is 11.2 Å². The molecule has 0 spiro atoms. The summed E-state index contributed by atoms with van der Waals surface area (Å²) in [6, 6.07) is 15.1. The first-order chi connectivity index (χ1) is 10.3. The summed E-state index contributed by atoms with van der Waals surface area (Å²) < 4.78 is 6.79. The molecule has 106 valence electrons. The molecule has 1 heterocycles. The van der Waals surface area contributed by atoms with Gasteiger partial charge in [-0.05, 0) is 29.8 Å². The zero-order chi connectivity index (χ0) is 14.7. The number of hydrogen-bond acceptors (Lipinski definition) is 3. The van der Waals surface area contributed by atoms with Crippen LogP contribution in [0.1, 0.15) is 5.56 Å². The van der Waals surface area contributed by atoms with E-state index < -0.39 is 0 Å². The van der Waals surface area contributed by atoms with Crippen molar-refractivity contribution in [2.24, 2.45) is 0 Å². The van der Waals surface area contributed by atoms with Gasteiger partial charge < -0.3 is 4.74 Å². The Morgan fingerprint density at radius 2 is 2.10 bits per heavy atom. The topological polar surface area (TPSA) is 56.1 Å². The van der Waals surface area contributed by atoms with Crippen molar-refractivity contribution in [3.63, 3.8) is 0 Å². The number of ether oxygens (including phenoxy) is 1. The van der Waals surface area contributed by atoms with Crippen molar-refractivity contribution >= 4 is 16.9 Å². The van der Waals surface area contributed by atoms with Crippen LogP contribution in [0.5, 0.6) is 5.75 Å². The second-order valence-electron chi connectivity index (χ2n) is 4.67. The quantitative estimate of drug-likeness (QED) is 0.798. The Bertz CT molecular complexity index is 780. The molecule has 2 aromatic carbocycles. The Hall–Kier alpha value is -2.82. The zero-order valence-corrected chi connectivity index (χ0v) is 11.6. The molecule has 3 aromatic rings. The predicted octanol–water partition coefficient (Wildman–Crippen LogP) is 2.36. The van der Waals surface area contributed by atoms with E-state index in [4.69, 9.17) is 4.74 Å². The molecule has 5 nitrogen and oxygen atoms in total. The minimum Gasteiger partial charge on any atom is -0.497 e. The van der Waals surface area contributed by atoms with Crippen molar-refractivity contribution < 1.29 is 9.53 Å². The first-order valence-corrected chi connectivity index (χ1v) is 6.61. The number of nitrogens with zero attached hydrogens (tertiary/aromatic N) is 2. The number of imidazole rings is 1. The van der Waals surface area contributed by atoms with E-state index in [-0.39, 0.29) is 12.3 Å². The summed E-state index contributed by atoms with van der Waals surface area (Å²) in [4.78, 5) is 16.4. The van der Waals surface area contributed by atoms with Gasteiger partial charge in [-0.15, -0.1) is 0 Å². The van der Waals surface area contributed by atoms with E-state index in [1.165, 1.54) is 0 Å². The van der Waals surface area contributed by atoms with E-state index in [2.05, 4.69) is 10.4 Å². The third-order valence-corrected chi connectivity index (χ3v) is 3.20. The van der Waals surface area contributed by atoms with Crippen LogP contribution in [0.3, 0.4) is 0 Å². The summed E-state index contributed by atoms with van der Waals surface area (Å²) in [5.74, 6) is 0.639. The number of amides is 1. The molecule has 0 aliphatic carbocycles. The predicted molar refractivity (Wildman–Crippen MR) is 80.8 cm³/mol. The van der Waals surface area contributed by atoms with Crippen molar-refractivity contribution in [2.45, 2.75) is 6.42 Å². The van der Waals surface area contributed by atoms with E-state index in [1.807, 2.05) is 48.5 Å². The molecular formula is C16H15N3O2. The molecule has 0 radical (unpaired) electrons. The maximum Gasteiger partial charge on any atom is 0.243 e. The Balaban J connectivity index is 1.74. The van der Waals surface area contributed by atoms with Gasteiger partial charge in [0.2, 0.25) is 5.91 Å². The first kappa shape index (κ1) is 13.2. The molecular weight excluding hydrogens is 266 g/mol. The number of benzene rings is 2. The molecule has 0 aliphatic heterocycles. The fourth-order valence-electron chi connectivity index (χ4n) is 2.19. The highest BCUT2D eigenvalue weighted by Crippen LogP contribution is 2.14. The fraction of sp³-hybridized carbons (Fsp3) is 0.125. The first-order valence-electron chi connectivity index (χ1n) is 6.61. The van der Waals surface area contributed by atoms with Crippen molar-refractivity contribution in [3.8, 4) is 5.75 Å². The molecule has 5 heteroatoms. The minimum absolute atomic E-state index is 0.105. The molecule has 0 unspecified atom stereocenters. The van der Waals surface area contributed by atoms with Crippen LogP contribution < -0.4 is 10.2 Å². The fourth-order valence-corrected chi connectivity index (χ4v) is 2.19. The Labute approximate surface area is 122 Å². The number of rotatable bonds is 4. The largest absolute Gasteiger partial charge is 0.497 e. The van der Waals surface area contributed by atoms with Crippen LogP contribution in [0, 0.1) is 0 Å². The lowest BCUT2D eigenvalue weighted by Crippen LogP contribution is -2.23. The van der Waals surface area contributed by atoms with Gasteiger partial charge in [0.05, 0.1) is 24.6 Å². The molecule has 21 heavy (non-hydrogen) atoms. The lowest BCUT2D eigenvalue weighted by atomic mass is 10.1. The van der Waals surface area contributed by atoms with Crippen LogP contribution in [0.2, 0.25) is 0 Å². The third-order valence-electron chi connectivity index (χ3n) is 3.20. The highest BCUT2D eigenvalue weighted by Gasteiger charge is 2.07. The van der Waals surface area contributed by atoms with E-state index in [0.717, 1.165) is 22.3 Å². The molecule has 0 saturated carbocycles. The average molecular weight is 281 g/mol. The molecule has 0 fully saturated rings. The third kappa shape index (κ3) is 2.86. The molecule has 0 bridgehead atoms. The molecule has 1 aromatic heterocycles. The van der Waals surface area contributed by atoms with Gasteiger partial charge in [-0.25, -0.2) is 9.66 Å². The van der Waals surface area contributed by atoms with E-state index in [9.17, 15) is 4.79 Å². The van der Waals surface area contributed by atoms with Gasteiger partial charge in [0.1, 0.15) is 12.1 Å². The molecule has 1 N–H and O–H groups in total. The van der Waals surface area contributed by atoms with Gasteiger partial charge >= 0.3 is 0 Å². The summed E-state index contributed by atoms with van der Waals surface area (Å²) >= 11 is 0. The summed E-state index contributed by atoms with van der Waals surface area (Å²) in [7, 11) is 1.61. The summed E-state index contributed by atoms with van der Waals surface area (Å²) in [6.07, 6.45) is 1.89. The molecule has 1 amide bonds. The van der Waals surface area contributed by atoms with Gasteiger partial charge in [0.25, 0.3) is 0 Å². The Morgan fingerprint density at radius 1 is 1.24 bits per heavy atom. The number of hydrogen-bond donors (Lipinski definition) is 1. The number of methoxy groups -OCH3 is 1. The highest BCUT2D eigenvalue weighted by atomic mass is 16.5. The second-order valence-corrected chi connectivity index (χ2v) is 4.67. The second kappa shape index (κ2) is 5.66. The smallest absolute Gasteiger partial charge is 0.243 e. The van der Waals surface area contributed by atoms with E-state index in [1.54, 1.807) is 18.1 Å².